The Labute approximate surface area is 170 Å². The van der Waals surface area contributed by atoms with E-state index in [9.17, 15) is 14.4 Å². The van der Waals surface area contributed by atoms with Crippen LogP contribution in [-0.2, 0) is 19.7 Å². The predicted molar refractivity (Wildman–Crippen MR) is 110 cm³/mol. The van der Waals surface area contributed by atoms with Crippen LogP contribution in [0.5, 0.6) is 5.75 Å². The van der Waals surface area contributed by atoms with Gasteiger partial charge in [-0.25, -0.2) is 0 Å². The average molecular weight is 398 g/mol. The molecule has 0 fully saturated rings. The molecule has 7 nitrogen and oxygen atoms in total. The van der Waals surface area contributed by atoms with Crippen LogP contribution < -0.4 is 15.4 Å². The fraction of sp³-hybridized carbons (Fsp3) is 0.318. The summed E-state index contributed by atoms with van der Waals surface area (Å²) in [5.41, 5.74) is 2.14. The first kappa shape index (κ1) is 21.9. The number of amides is 2. The number of rotatable bonds is 7. The summed E-state index contributed by atoms with van der Waals surface area (Å²) in [6.07, 6.45) is 0. The summed E-state index contributed by atoms with van der Waals surface area (Å²) in [5, 5.41) is 5.10. The first-order valence-electron chi connectivity index (χ1n) is 9.17. The fourth-order valence-corrected chi connectivity index (χ4v) is 2.47. The largest absolute Gasteiger partial charge is 0.497 e. The second-order valence-corrected chi connectivity index (χ2v) is 7.45. The number of ether oxygens (including phenoxy) is 2. The lowest BCUT2D eigenvalue weighted by molar-refractivity contribution is -0.146. The number of nitrogens with one attached hydrogen (secondary N) is 2. The summed E-state index contributed by atoms with van der Waals surface area (Å²) in [4.78, 5) is 35.8. The van der Waals surface area contributed by atoms with Crippen LogP contribution in [-0.4, -0.2) is 38.0 Å². The van der Waals surface area contributed by atoms with Crippen LogP contribution in [0.15, 0.2) is 48.5 Å². The lowest BCUT2D eigenvalue weighted by Gasteiger charge is -2.19. The van der Waals surface area contributed by atoms with Crippen LogP contribution in [0.4, 0.5) is 5.69 Å². The summed E-state index contributed by atoms with van der Waals surface area (Å²) in [7, 11) is 1.50. The molecule has 2 N–H and O–H groups in total. The topological polar surface area (TPSA) is 93.7 Å². The van der Waals surface area contributed by atoms with Crippen LogP contribution in [0.1, 0.15) is 36.7 Å². The van der Waals surface area contributed by atoms with Crippen LogP contribution in [0.25, 0.3) is 0 Å². The minimum atomic E-state index is -0.709. The summed E-state index contributed by atoms with van der Waals surface area (Å²) >= 11 is 0. The van der Waals surface area contributed by atoms with Crippen LogP contribution in [0.2, 0.25) is 0 Å². The van der Waals surface area contributed by atoms with E-state index in [-0.39, 0.29) is 12.0 Å². The van der Waals surface area contributed by atoms with E-state index < -0.39 is 24.4 Å². The Morgan fingerprint density at radius 1 is 1.00 bits per heavy atom. The maximum absolute atomic E-state index is 12.0. The van der Waals surface area contributed by atoms with Gasteiger partial charge in [0.05, 0.1) is 7.11 Å². The number of methoxy groups -OCH3 is 1. The summed E-state index contributed by atoms with van der Waals surface area (Å²) in [6, 6.07) is 14.0. The molecule has 154 valence electrons. The molecule has 2 aromatic rings. The van der Waals surface area contributed by atoms with E-state index in [0.29, 0.717) is 17.0 Å². The smallest absolute Gasteiger partial charge is 0.325 e. The maximum atomic E-state index is 12.0. The molecule has 0 saturated heterocycles. The number of carbonyl (C=O) groups excluding carboxylic acids is 3. The van der Waals surface area contributed by atoms with E-state index in [1.165, 1.54) is 7.11 Å². The number of carbonyl (C=O) groups is 3. The van der Waals surface area contributed by atoms with Crippen molar-refractivity contribution in [2.24, 2.45) is 0 Å². The minimum absolute atomic E-state index is 0.0212. The van der Waals surface area contributed by atoms with E-state index >= 15 is 0 Å². The van der Waals surface area contributed by atoms with E-state index in [4.69, 9.17) is 9.47 Å². The molecule has 0 atom stereocenters. The van der Waals surface area contributed by atoms with E-state index in [1.54, 1.807) is 36.4 Å². The van der Waals surface area contributed by atoms with Crippen LogP contribution in [0, 0.1) is 0 Å². The predicted octanol–water partition coefficient (Wildman–Crippen LogP) is 2.90. The molecule has 2 aromatic carbocycles. The molecule has 0 aromatic heterocycles. The Morgan fingerprint density at radius 3 is 2.31 bits per heavy atom. The molecular formula is C22H26N2O5. The molecule has 0 spiro atoms. The van der Waals surface area contributed by atoms with Gasteiger partial charge < -0.3 is 20.1 Å². The number of anilines is 1. The standard InChI is InChI=1S/C22H26N2O5/c1-22(2,3)16-8-10-17(11-9-16)24-19(25)14-29-20(26)13-23-21(27)15-6-5-7-18(12-15)28-4/h5-12H,13-14H2,1-4H3,(H,23,27)(H,24,25). The molecule has 0 aliphatic rings. The highest BCUT2D eigenvalue weighted by Crippen LogP contribution is 2.23. The van der Waals surface area contributed by atoms with Crippen molar-refractivity contribution in [1.82, 2.24) is 5.32 Å². The van der Waals surface area contributed by atoms with Gasteiger partial charge in [-0.2, -0.15) is 0 Å². The molecule has 0 aliphatic heterocycles. The molecule has 2 rings (SSSR count). The van der Waals surface area contributed by atoms with Crippen molar-refractivity contribution in [3.8, 4) is 5.75 Å². The van der Waals surface area contributed by atoms with Gasteiger partial charge in [-0.1, -0.05) is 39.0 Å². The van der Waals surface area contributed by atoms with Gasteiger partial charge in [-0.3, -0.25) is 14.4 Å². The molecular weight excluding hydrogens is 372 g/mol. The van der Waals surface area contributed by atoms with Gasteiger partial charge in [0.15, 0.2) is 6.61 Å². The van der Waals surface area contributed by atoms with Gasteiger partial charge in [0, 0.05) is 11.3 Å². The van der Waals surface area contributed by atoms with Crippen molar-refractivity contribution in [1.29, 1.82) is 0 Å². The third-order valence-electron chi connectivity index (χ3n) is 4.12. The lowest BCUT2D eigenvalue weighted by atomic mass is 9.87. The van der Waals surface area contributed by atoms with Gasteiger partial charge >= 0.3 is 5.97 Å². The average Bonchev–Trinajstić information content (AvgIpc) is 2.70. The molecule has 0 heterocycles. The van der Waals surface area contributed by atoms with Crippen molar-refractivity contribution in [3.05, 3.63) is 59.7 Å². The zero-order valence-corrected chi connectivity index (χ0v) is 17.1. The van der Waals surface area contributed by atoms with E-state index in [1.807, 2.05) is 12.1 Å². The number of benzene rings is 2. The third kappa shape index (κ3) is 6.95. The van der Waals surface area contributed by atoms with Crippen LogP contribution in [0.3, 0.4) is 0 Å². The second-order valence-electron chi connectivity index (χ2n) is 7.45. The highest BCUT2D eigenvalue weighted by molar-refractivity contribution is 5.97. The third-order valence-corrected chi connectivity index (χ3v) is 4.12. The van der Waals surface area contributed by atoms with Crippen molar-refractivity contribution in [2.75, 3.05) is 25.6 Å². The molecule has 29 heavy (non-hydrogen) atoms. The van der Waals surface area contributed by atoms with E-state index in [2.05, 4.69) is 31.4 Å². The Balaban J connectivity index is 1.75. The zero-order valence-electron chi connectivity index (χ0n) is 17.1. The molecule has 2 amide bonds. The Bertz CT molecular complexity index is 870. The normalized spacial score (nSPS) is 10.8. The minimum Gasteiger partial charge on any atom is -0.497 e. The van der Waals surface area contributed by atoms with Gasteiger partial charge in [0.1, 0.15) is 12.3 Å². The lowest BCUT2D eigenvalue weighted by Crippen LogP contribution is -2.32. The van der Waals surface area contributed by atoms with Crippen LogP contribution >= 0.6 is 0 Å². The zero-order chi connectivity index (χ0) is 21.4. The second kappa shape index (κ2) is 9.73. The number of hydrogen-bond acceptors (Lipinski definition) is 5. The summed E-state index contributed by atoms with van der Waals surface area (Å²) in [5.74, 6) is -1.07. The monoisotopic (exact) mass is 398 g/mol. The summed E-state index contributed by atoms with van der Waals surface area (Å²) < 4.78 is 9.95. The highest BCUT2D eigenvalue weighted by atomic mass is 16.5. The molecule has 0 unspecified atom stereocenters. The highest BCUT2D eigenvalue weighted by Gasteiger charge is 2.14. The Kier molecular flexibility index (Phi) is 7.36. The van der Waals surface area contributed by atoms with Gasteiger partial charge in [-0.15, -0.1) is 0 Å². The Morgan fingerprint density at radius 2 is 1.69 bits per heavy atom. The van der Waals surface area contributed by atoms with Gasteiger partial charge in [0.2, 0.25) is 0 Å². The Hall–Kier alpha value is -3.35. The van der Waals surface area contributed by atoms with Gasteiger partial charge in [0.25, 0.3) is 11.8 Å². The SMILES string of the molecule is COc1cccc(C(=O)NCC(=O)OCC(=O)Nc2ccc(C(C)(C)C)cc2)c1. The maximum Gasteiger partial charge on any atom is 0.325 e. The fourth-order valence-electron chi connectivity index (χ4n) is 2.47. The molecule has 0 aliphatic carbocycles. The quantitative estimate of drug-likeness (QED) is 0.700. The molecule has 0 radical (unpaired) electrons. The number of esters is 1. The van der Waals surface area contributed by atoms with Crippen molar-refractivity contribution in [2.45, 2.75) is 26.2 Å². The van der Waals surface area contributed by atoms with E-state index in [0.717, 1.165) is 5.56 Å². The first-order valence-corrected chi connectivity index (χ1v) is 9.17. The molecule has 0 bridgehead atoms. The number of hydrogen-bond donors (Lipinski definition) is 2. The first-order chi connectivity index (χ1) is 13.7. The van der Waals surface area contributed by atoms with Gasteiger partial charge in [-0.05, 0) is 41.3 Å². The molecule has 7 heteroatoms. The van der Waals surface area contributed by atoms with Crippen molar-refractivity contribution >= 4 is 23.5 Å². The van der Waals surface area contributed by atoms with Crippen molar-refractivity contribution < 1.29 is 23.9 Å². The molecule has 0 saturated carbocycles. The van der Waals surface area contributed by atoms with Crippen molar-refractivity contribution in [3.63, 3.8) is 0 Å². The summed E-state index contributed by atoms with van der Waals surface area (Å²) in [6.45, 7) is 5.53.